The number of hydrogen-bond acceptors (Lipinski definition) is 4. The lowest BCUT2D eigenvalue weighted by molar-refractivity contribution is 0.102. The summed E-state index contributed by atoms with van der Waals surface area (Å²) in [4.78, 5) is 16.7. The van der Waals surface area contributed by atoms with Crippen LogP contribution in [0.15, 0.2) is 59.5 Å². The lowest BCUT2D eigenvalue weighted by Gasteiger charge is -2.03. The van der Waals surface area contributed by atoms with E-state index < -0.39 is 0 Å². The molecule has 0 bridgehead atoms. The smallest absolute Gasteiger partial charge is 0.278 e. The molecule has 26 heavy (non-hydrogen) atoms. The Bertz CT molecular complexity index is 1100. The summed E-state index contributed by atoms with van der Waals surface area (Å²) < 4.78 is 3.88. The van der Waals surface area contributed by atoms with Crippen molar-refractivity contribution in [2.24, 2.45) is 0 Å². The molecule has 130 valence electrons. The first-order valence-electron chi connectivity index (χ1n) is 7.99. The second-order valence-corrected chi connectivity index (χ2v) is 6.69. The van der Waals surface area contributed by atoms with E-state index in [1.54, 1.807) is 33.7 Å². The van der Waals surface area contributed by atoms with Crippen LogP contribution in [0.1, 0.15) is 21.6 Å². The van der Waals surface area contributed by atoms with E-state index in [4.69, 9.17) is 0 Å². The topological polar surface area (TPSA) is 77.1 Å². The summed E-state index contributed by atoms with van der Waals surface area (Å²) in [6.07, 6.45) is 5.22. The summed E-state index contributed by atoms with van der Waals surface area (Å²) in [5.74, 6) is 0.128. The average molecular weight is 411 g/mol. The molecule has 0 aliphatic rings. The number of benzene rings is 1. The monoisotopic (exact) mass is 410 g/mol. The van der Waals surface area contributed by atoms with Gasteiger partial charge < -0.3 is 5.32 Å². The van der Waals surface area contributed by atoms with Crippen LogP contribution in [0.2, 0.25) is 0 Å². The van der Waals surface area contributed by atoms with Crippen molar-refractivity contribution in [3.8, 4) is 0 Å². The summed E-state index contributed by atoms with van der Waals surface area (Å²) >= 11 is 3.39. The minimum atomic E-state index is -0.344. The molecule has 3 heterocycles. The number of anilines is 1. The quantitative estimate of drug-likeness (QED) is 0.559. The summed E-state index contributed by atoms with van der Waals surface area (Å²) in [7, 11) is 0. The van der Waals surface area contributed by atoms with Crippen molar-refractivity contribution >= 4 is 33.3 Å². The van der Waals surface area contributed by atoms with Crippen LogP contribution in [0.3, 0.4) is 0 Å². The van der Waals surface area contributed by atoms with Crippen LogP contribution < -0.4 is 5.32 Å². The molecule has 4 aromatic rings. The second-order valence-electron chi connectivity index (χ2n) is 5.89. The maximum atomic E-state index is 12.5. The third-order valence-electron chi connectivity index (χ3n) is 3.86. The third-order valence-corrected chi connectivity index (χ3v) is 4.59. The molecule has 0 fully saturated rings. The maximum absolute atomic E-state index is 12.5. The van der Waals surface area contributed by atoms with E-state index in [2.05, 4.69) is 55.5 Å². The summed E-state index contributed by atoms with van der Waals surface area (Å²) in [5, 5.41) is 11.4. The van der Waals surface area contributed by atoms with Gasteiger partial charge in [0, 0.05) is 24.7 Å². The molecule has 3 aromatic heterocycles. The van der Waals surface area contributed by atoms with Crippen molar-refractivity contribution < 1.29 is 4.79 Å². The Balaban J connectivity index is 1.51. The molecule has 8 heteroatoms. The standard InChI is InChI=1S/C18H15BrN6O/c1-12-4-2-5-13(10-12)11-24-9-6-14(22-24)21-18(26)16-15(19)17-20-7-3-8-25(17)23-16/h2-10H,11H2,1H3,(H,21,22,26). The number of nitrogens with zero attached hydrogens (tertiary/aromatic N) is 5. The van der Waals surface area contributed by atoms with Gasteiger partial charge in [-0.25, -0.2) is 9.50 Å². The summed E-state index contributed by atoms with van der Waals surface area (Å²) in [6.45, 7) is 2.69. The number of carbonyl (C=O) groups is 1. The van der Waals surface area contributed by atoms with Gasteiger partial charge in [-0.1, -0.05) is 29.8 Å². The van der Waals surface area contributed by atoms with Gasteiger partial charge in [0.15, 0.2) is 17.2 Å². The van der Waals surface area contributed by atoms with Crippen LogP contribution in [-0.2, 0) is 6.54 Å². The highest BCUT2D eigenvalue weighted by Gasteiger charge is 2.19. The number of aryl methyl sites for hydroxylation is 1. The molecule has 0 radical (unpaired) electrons. The first-order chi connectivity index (χ1) is 12.6. The first kappa shape index (κ1) is 16.5. The number of rotatable bonds is 4. The molecule has 1 amide bonds. The zero-order valence-corrected chi connectivity index (χ0v) is 15.5. The number of amides is 1. The van der Waals surface area contributed by atoms with Crippen LogP contribution in [-0.4, -0.2) is 30.3 Å². The number of hydrogen-bond donors (Lipinski definition) is 1. The number of fused-ring (bicyclic) bond motifs is 1. The zero-order chi connectivity index (χ0) is 18.1. The molecule has 7 nitrogen and oxygen atoms in total. The van der Waals surface area contributed by atoms with Crippen LogP contribution in [0.5, 0.6) is 0 Å². The average Bonchev–Trinajstić information content (AvgIpc) is 3.20. The van der Waals surface area contributed by atoms with Gasteiger partial charge in [-0.15, -0.1) is 0 Å². The lowest BCUT2D eigenvalue weighted by Crippen LogP contribution is -2.14. The van der Waals surface area contributed by atoms with Crippen molar-refractivity contribution in [3.63, 3.8) is 0 Å². The van der Waals surface area contributed by atoms with Gasteiger partial charge in [0.1, 0.15) is 0 Å². The molecule has 1 N–H and O–H groups in total. The van der Waals surface area contributed by atoms with Gasteiger partial charge in [0.2, 0.25) is 0 Å². The highest BCUT2D eigenvalue weighted by atomic mass is 79.9. The van der Waals surface area contributed by atoms with Gasteiger partial charge in [-0.3, -0.25) is 9.48 Å². The number of carbonyl (C=O) groups excluding carboxylic acids is 1. The van der Waals surface area contributed by atoms with E-state index in [-0.39, 0.29) is 11.6 Å². The lowest BCUT2D eigenvalue weighted by atomic mass is 10.1. The van der Waals surface area contributed by atoms with Gasteiger partial charge in [-0.2, -0.15) is 10.2 Å². The second kappa shape index (κ2) is 6.72. The van der Waals surface area contributed by atoms with Crippen molar-refractivity contribution in [2.75, 3.05) is 5.32 Å². The highest BCUT2D eigenvalue weighted by molar-refractivity contribution is 9.10. The van der Waals surface area contributed by atoms with E-state index in [0.29, 0.717) is 22.5 Å². The largest absolute Gasteiger partial charge is 0.304 e. The Hall–Kier alpha value is -3.00. The molecule has 0 saturated heterocycles. The molecular weight excluding hydrogens is 396 g/mol. The number of aromatic nitrogens is 5. The van der Waals surface area contributed by atoms with Gasteiger partial charge in [-0.05, 0) is 34.5 Å². The van der Waals surface area contributed by atoms with Crippen molar-refractivity contribution in [1.29, 1.82) is 0 Å². The van der Waals surface area contributed by atoms with E-state index in [1.807, 2.05) is 18.3 Å². The van der Waals surface area contributed by atoms with E-state index in [1.165, 1.54) is 5.56 Å². The van der Waals surface area contributed by atoms with Crippen molar-refractivity contribution in [1.82, 2.24) is 24.4 Å². The molecule has 0 atom stereocenters. The molecular formula is C18H15BrN6O. The predicted molar refractivity (Wildman–Crippen MR) is 101 cm³/mol. The van der Waals surface area contributed by atoms with Gasteiger partial charge in [0.05, 0.1) is 11.0 Å². The first-order valence-corrected chi connectivity index (χ1v) is 8.78. The Labute approximate surface area is 157 Å². The van der Waals surface area contributed by atoms with Crippen molar-refractivity contribution in [2.45, 2.75) is 13.5 Å². The Kier molecular flexibility index (Phi) is 4.26. The summed E-state index contributed by atoms with van der Waals surface area (Å²) in [5.41, 5.74) is 3.20. The molecule has 4 rings (SSSR count). The predicted octanol–water partition coefficient (Wildman–Crippen LogP) is 3.30. The zero-order valence-electron chi connectivity index (χ0n) is 13.9. The number of nitrogens with one attached hydrogen (secondary N) is 1. The molecule has 0 aliphatic carbocycles. The minimum absolute atomic E-state index is 0.261. The molecule has 0 spiro atoms. The molecule has 0 unspecified atom stereocenters. The Morgan fingerprint density at radius 3 is 2.88 bits per heavy atom. The summed E-state index contributed by atoms with van der Waals surface area (Å²) in [6, 6.07) is 11.7. The number of halogens is 1. The normalized spacial score (nSPS) is 11.0. The van der Waals surface area contributed by atoms with Crippen LogP contribution in [0.25, 0.3) is 5.65 Å². The van der Waals surface area contributed by atoms with E-state index in [9.17, 15) is 4.79 Å². The SMILES string of the molecule is Cc1cccc(Cn2ccc(NC(=O)c3nn4cccnc4c3Br)n2)c1. The molecule has 0 saturated carbocycles. The van der Waals surface area contributed by atoms with Crippen LogP contribution in [0.4, 0.5) is 5.82 Å². The highest BCUT2D eigenvalue weighted by Crippen LogP contribution is 2.21. The van der Waals surface area contributed by atoms with Gasteiger partial charge in [0.25, 0.3) is 5.91 Å². The van der Waals surface area contributed by atoms with Crippen molar-refractivity contribution in [3.05, 3.63) is 76.3 Å². The Morgan fingerprint density at radius 2 is 2.08 bits per heavy atom. The maximum Gasteiger partial charge on any atom is 0.278 e. The fraction of sp³-hybridized carbons (Fsp3) is 0.111. The minimum Gasteiger partial charge on any atom is -0.304 e. The third kappa shape index (κ3) is 3.23. The van der Waals surface area contributed by atoms with E-state index >= 15 is 0 Å². The fourth-order valence-electron chi connectivity index (χ4n) is 2.69. The van der Waals surface area contributed by atoms with Crippen LogP contribution in [0, 0.1) is 6.92 Å². The van der Waals surface area contributed by atoms with Crippen LogP contribution >= 0.6 is 15.9 Å². The molecule has 1 aromatic carbocycles. The van der Waals surface area contributed by atoms with E-state index in [0.717, 1.165) is 5.56 Å². The van der Waals surface area contributed by atoms with Gasteiger partial charge >= 0.3 is 0 Å². The Morgan fingerprint density at radius 1 is 1.19 bits per heavy atom. The fourth-order valence-corrected chi connectivity index (χ4v) is 3.24. The molecule has 0 aliphatic heterocycles.